The summed E-state index contributed by atoms with van der Waals surface area (Å²) in [6.07, 6.45) is 23.5. The van der Waals surface area contributed by atoms with Gasteiger partial charge in [-0.3, -0.25) is 0 Å². The standard InChI is InChI=1S/3C14H32NO2.H3O4P/c3*1-3-5-6-7-8-9-10-15(4-2,11-13-16)12-14-17;1-5(2,3)4/h3*16-17H,3-14H2,1-2H3;(H3,1,2,3,4)/q3*+1;/p-3. The number of rotatable bonds is 36. The van der Waals surface area contributed by atoms with Crippen molar-refractivity contribution in [3.8, 4) is 0 Å². The van der Waals surface area contributed by atoms with Crippen LogP contribution in [0.3, 0.4) is 0 Å². The Hall–Kier alpha value is -0.250. The molecule has 0 fully saturated rings. The Kier molecular flexibility index (Phi) is 49.4. The third-order valence-corrected chi connectivity index (χ3v) is 11.4. The lowest BCUT2D eigenvalue weighted by Gasteiger charge is -2.37. The predicted molar refractivity (Wildman–Crippen MR) is 226 cm³/mol. The number of unbranched alkanes of at least 4 members (excludes halogenated alkanes) is 15. The van der Waals surface area contributed by atoms with Crippen LogP contribution < -0.4 is 14.7 Å². The van der Waals surface area contributed by atoms with Crippen LogP contribution in [0, 0.1) is 0 Å². The van der Waals surface area contributed by atoms with Gasteiger partial charge in [0.25, 0.3) is 0 Å². The lowest BCUT2D eigenvalue weighted by Crippen LogP contribution is -2.52. The average molecular weight is 834 g/mol. The van der Waals surface area contributed by atoms with Crippen molar-refractivity contribution in [1.29, 1.82) is 0 Å². The van der Waals surface area contributed by atoms with Crippen LogP contribution in [-0.2, 0) is 4.57 Å². The number of quaternary nitrogens is 3. The van der Waals surface area contributed by atoms with Gasteiger partial charge in [0.2, 0.25) is 0 Å². The number of likely N-dealkylation sites (N-methyl/N-ethyl adjacent to an activating group) is 3. The minimum atomic E-state index is -5.39. The minimum absolute atomic E-state index is 0.226. The molecule has 0 heterocycles. The second kappa shape index (κ2) is 44.3. The van der Waals surface area contributed by atoms with Gasteiger partial charge in [0.05, 0.1) is 78.9 Å². The molecule has 0 bridgehead atoms. The summed E-state index contributed by atoms with van der Waals surface area (Å²) in [5.74, 6) is 0. The molecule has 0 rings (SSSR count). The van der Waals surface area contributed by atoms with E-state index in [4.69, 9.17) is 49.9 Å². The second-order valence-electron chi connectivity index (χ2n) is 15.6. The van der Waals surface area contributed by atoms with Crippen LogP contribution in [0.15, 0.2) is 0 Å². The third-order valence-electron chi connectivity index (χ3n) is 11.4. The van der Waals surface area contributed by atoms with Crippen molar-refractivity contribution in [2.24, 2.45) is 0 Å². The molecule has 13 nitrogen and oxygen atoms in total. The second-order valence-corrected chi connectivity index (χ2v) is 16.5. The SMILES string of the molecule is CCCCCCCC[N+](CC)(CCO)CCO.CCCCCCCC[N+](CC)(CCO)CCO.CCCCCCCC[N+](CC)(CCO)CCO.O=P([O-])([O-])[O-]. The number of nitrogens with zero attached hydrogens (tertiary/aromatic N) is 3. The van der Waals surface area contributed by atoms with Crippen molar-refractivity contribution in [3.63, 3.8) is 0 Å². The van der Waals surface area contributed by atoms with Crippen molar-refractivity contribution in [1.82, 2.24) is 0 Å². The molecule has 0 radical (unpaired) electrons. The fraction of sp³-hybridized carbons (Fsp3) is 1.00. The molecule has 0 amide bonds. The first-order valence-electron chi connectivity index (χ1n) is 22.7. The van der Waals surface area contributed by atoms with Crippen LogP contribution in [0.1, 0.15) is 157 Å². The summed E-state index contributed by atoms with van der Waals surface area (Å²) < 4.78 is 11.2. The lowest BCUT2D eigenvalue weighted by atomic mass is 10.1. The Bertz CT molecular complexity index is 699. The van der Waals surface area contributed by atoms with Crippen LogP contribution in [-0.4, -0.2) is 162 Å². The molecule has 0 saturated carbocycles. The zero-order valence-electron chi connectivity index (χ0n) is 37.6. The number of phosphoric acid groups is 1. The first-order valence-corrected chi connectivity index (χ1v) is 24.1. The van der Waals surface area contributed by atoms with Crippen molar-refractivity contribution < 1.29 is 63.3 Å². The van der Waals surface area contributed by atoms with Crippen molar-refractivity contribution in [2.45, 2.75) is 157 Å². The highest BCUT2D eigenvalue weighted by molar-refractivity contribution is 7.40. The van der Waals surface area contributed by atoms with Gasteiger partial charge in [-0.25, -0.2) is 0 Å². The van der Waals surface area contributed by atoms with Crippen LogP contribution in [0.25, 0.3) is 0 Å². The van der Waals surface area contributed by atoms with Gasteiger partial charge in [-0.15, -0.1) is 0 Å². The van der Waals surface area contributed by atoms with Crippen molar-refractivity contribution in [3.05, 3.63) is 0 Å². The van der Waals surface area contributed by atoms with Gasteiger partial charge in [0, 0.05) is 0 Å². The zero-order valence-corrected chi connectivity index (χ0v) is 38.5. The number of hydrogen-bond donors (Lipinski definition) is 6. The van der Waals surface area contributed by atoms with E-state index in [2.05, 4.69) is 41.5 Å². The maximum Gasteiger partial charge on any atom is 0.102 e. The normalized spacial score (nSPS) is 12.0. The smallest absolute Gasteiger partial charge is 0.102 e. The maximum absolute atomic E-state index is 9.14. The largest absolute Gasteiger partial charge is 0.822 e. The number of aliphatic hydroxyl groups excluding tert-OH is 6. The Morgan fingerprint density at radius 2 is 0.482 bits per heavy atom. The first kappa shape index (κ1) is 62.4. The summed E-state index contributed by atoms with van der Waals surface area (Å²) in [5.41, 5.74) is 0. The highest BCUT2D eigenvalue weighted by Gasteiger charge is 2.25. The van der Waals surface area contributed by atoms with Gasteiger partial charge in [0.15, 0.2) is 0 Å². The molecule has 0 spiro atoms. The molecular formula is C42H96N3O10P. The summed E-state index contributed by atoms with van der Waals surface area (Å²) in [6, 6.07) is 0. The van der Waals surface area contributed by atoms with E-state index in [1.165, 1.54) is 116 Å². The van der Waals surface area contributed by atoms with E-state index in [1.54, 1.807) is 0 Å². The van der Waals surface area contributed by atoms with Gasteiger partial charge in [0.1, 0.15) is 39.3 Å². The predicted octanol–water partition coefficient (Wildman–Crippen LogP) is 3.68. The van der Waals surface area contributed by atoms with E-state index in [0.717, 1.165) is 92.0 Å². The Morgan fingerprint density at radius 1 is 0.321 bits per heavy atom. The molecule has 0 saturated heterocycles. The Balaban J connectivity index is -0.000000340. The molecule has 14 heteroatoms. The summed E-state index contributed by atoms with van der Waals surface area (Å²) in [4.78, 5) is 25.6. The average Bonchev–Trinajstić information content (AvgIpc) is 3.16. The van der Waals surface area contributed by atoms with Gasteiger partial charge >= 0.3 is 0 Å². The van der Waals surface area contributed by atoms with E-state index in [0.29, 0.717) is 0 Å². The highest BCUT2D eigenvalue weighted by atomic mass is 31.2. The Morgan fingerprint density at radius 3 is 0.625 bits per heavy atom. The molecule has 0 aliphatic carbocycles. The van der Waals surface area contributed by atoms with Gasteiger partial charge in [-0.05, 0) is 59.3 Å². The van der Waals surface area contributed by atoms with Crippen LogP contribution >= 0.6 is 7.82 Å². The fourth-order valence-electron chi connectivity index (χ4n) is 7.38. The topological polar surface area (TPSA) is 208 Å². The van der Waals surface area contributed by atoms with Gasteiger partial charge in [-0.2, -0.15) is 7.82 Å². The third kappa shape index (κ3) is 41.9. The van der Waals surface area contributed by atoms with Gasteiger partial charge in [-0.1, -0.05) is 97.8 Å². The lowest BCUT2D eigenvalue weighted by molar-refractivity contribution is -0.927. The summed E-state index contributed by atoms with van der Waals surface area (Å²) in [6.45, 7) is 25.6. The van der Waals surface area contributed by atoms with Gasteiger partial charge < -0.3 is 63.3 Å². The van der Waals surface area contributed by atoms with Crippen LogP contribution in [0.4, 0.5) is 0 Å². The Labute approximate surface area is 345 Å². The molecule has 0 aromatic carbocycles. The van der Waals surface area contributed by atoms with E-state index in [-0.39, 0.29) is 39.6 Å². The monoisotopic (exact) mass is 834 g/mol. The molecule has 0 aromatic rings. The van der Waals surface area contributed by atoms with Crippen LogP contribution in [0.5, 0.6) is 0 Å². The molecule has 0 unspecified atom stereocenters. The molecule has 56 heavy (non-hydrogen) atoms. The number of hydrogen-bond acceptors (Lipinski definition) is 10. The summed E-state index contributed by atoms with van der Waals surface area (Å²) in [7, 11) is -5.39. The summed E-state index contributed by atoms with van der Waals surface area (Å²) in [5, 5.41) is 54.8. The molecule has 344 valence electrons. The van der Waals surface area contributed by atoms with E-state index < -0.39 is 7.82 Å². The molecular weight excluding hydrogens is 737 g/mol. The minimum Gasteiger partial charge on any atom is -0.822 e. The first-order chi connectivity index (χ1) is 26.7. The highest BCUT2D eigenvalue weighted by Crippen LogP contribution is 2.14. The van der Waals surface area contributed by atoms with E-state index >= 15 is 0 Å². The molecule has 0 aliphatic rings. The quantitative estimate of drug-likeness (QED) is 0.0307. The summed E-state index contributed by atoms with van der Waals surface area (Å²) >= 11 is 0. The van der Waals surface area contributed by atoms with Crippen molar-refractivity contribution >= 4 is 7.82 Å². The molecule has 0 aromatic heterocycles. The van der Waals surface area contributed by atoms with E-state index in [9.17, 15) is 0 Å². The maximum atomic E-state index is 9.14. The number of aliphatic hydroxyl groups is 6. The van der Waals surface area contributed by atoms with E-state index in [1.807, 2.05) is 0 Å². The molecule has 0 atom stereocenters. The molecule has 6 N–H and O–H groups in total. The molecule has 0 aliphatic heterocycles. The fourth-order valence-corrected chi connectivity index (χ4v) is 7.38. The van der Waals surface area contributed by atoms with Crippen LogP contribution in [0.2, 0.25) is 0 Å². The zero-order chi connectivity index (χ0) is 43.5. The van der Waals surface area contributed by atoms with Crippen molar-refractivity contribution in [2.75, 3.05) is 118 Å².